The Labute approximate surface area is 109 Å². The maximum Gasteiger partial charge on any atom is 0.327 e. The van der Waals surface area contributed by atoms with Crippen molar-refractivity contribution in [3.8, 4) is 0 Å². The molecule has 0 bridgehead atoms. The van der Waals surface area contributed by atoms with Gasteiger partial charge in [-0.2, -0.15) is 0 Å². The Balaban J connectivity index is 2.00. The van der Waals surface area contributed by atoms with E-state index in [9.17, 15) is 19.5 Å². The SMILES string of the molecule is O=C(O)C(C1CCC1)N1C(=O)c2ccccc2C1=O. The summed E-state index contributed by atoms with van der Waals surface area (Å²) in [4.78, 5) is 36.8. The molecule has 1 aromatic rings. The van der Waals surface area contributed by atoms with Gasteiger partial charge in [0.1, 0.15) is 6.04 Å². The van der Waals surface area contributed by atoms with Crippen molar-refractivity contribution in [1.29, 1.82) is 0 Å². The molecule has 1 aromatic carbocycles. The van der Waals surface area contributed by atoms with E-state index in [1.807, 2.05) is 0 Å². The molecule has 1 atom stereocenters. The third-order valence-corrected chi connectivity index (χ3v) is 3.95. The molecule has 1 saturated carbocycles. The number of benzene rings is 1. The molecule has 5 heteroatoms. The summed E-state index contributed by atoms with van der Waals surface area (Å²) in [6.07, 6.45) is 2.46. The smallest absolute Gasteiger partial charge is 0.327 e. The van der Waals surface area contributed by atoms with Crippen LogP contribution in [0, 0.1) is 5.92 Å². The van der Waals surface area contributed by atoms with Gasteiger partial charge in [-0.3, -0.25) is 14.5 Å². The van der Waals surface area contributed by atoms with Crippen molar-refractivity contribution in [2.75, 3.05) is 0 Å². The van der Waals surface area contributed by atoms with E-state index in [0.29, 0.717) is 11.1 Å². The van der Waals surface area contributed by atoms with Gasteiger partial charge in [0.05, 0.1) is 11.1 Å². The molecule has 3 rings (SSSR count). The van der Waals surface area contributed by atoms with Gasteiger partial charge in [0.15, 0.2) is 0 Å². The Morgan fingerprint density at radius 2 is 1.68 bits per heavy atom. The van der Waals surface area contributed by atoms with Gasteiger partial charge in [-0.05, 0) is 30.9 Å². The maximum atomic E-state index is 12.2. The van der Waals surface area contributed by atoms with E-state index in [1.165, 1.54) is 0 Å². The van der Waals surface area contributed by atoms with E-state index in [1.54, 1.807) is 24.3 Å². The quantitative estimate of drug-likeness (QED) is 0.835. The second-order valence-electron chi connectivity index (χ2n) is 5.00. The Kier molecular flexibility index (Phi) is 2.62. The van der Waals surface area contributed by atoms with E-state index >= 15 is 0 Å². The summed E-state index contributed by atoms with van der Waals surface area (Å²) in [7, 11) is 0. The molecule has 0 spiro atoms. The van der Waals surface area contributed by atoms with E-state index in [-0.39, 0.29) is 5.92 Å². The fourth-order valence-electron chi connectivity index (χ4n) is 2.74. The van der Waals surface area contributed by atoms with Gasteiger partial charge >= 0.3 is 5.97 Å². The first-order valence-electron chi connectivity index (χ1n) is 6.31. The zero-order chi connectivity index (χ0) is 13.6. The van der Waals surface area contributed by atoms with Gasteiger partial charge < -0.3 is 5.11 Å². The lowest BCUT2D eigenvalue weighted by atomic mass is 9.79. The third kappa shape index (κ3) is 1.65. The van der Waals surface area contributed by atoms with Crippen molar-refractivity contribution in [2.24, 2.45) is 5.92 Å². The van der Waals surface area contributed by atoms with Gasteiger partial charge in [-0.25, -0.2) is 4.79 Å². The highest BCUT2D eigenvalue weighted by atomic mass is 16.4. The molecule has 0 aromatic heterocycles. The monoisotopic (exact) mass is 259 g/mol. The molecule has 0 saturated heterocycles. The van der Waals surface area contributed by atoms with Crippen molar-refractivity contribution < 1.29 is 19.5 Å². The highest BCUT2D eigenvalue weighted by Crippen LogP contribution is 2.36. The number of amides is 2. The number of carbonyl (C=O) groups is 3. The number of fused-ring (bicyclic) bond motifs is 1. The minimum atomic E-state index is -1.10. The van der Waals surface area contributed by atoms with Crippen LogP contribution in [-0.4, -0.2) is 33.8 Å². The van der Waals surface area contributed by atoms with Crippen molar-refractivity contribution in [2.45, 2.75) is 25.3 Å². The summed E-state index contributed by atoms with van der Waals surface area (Å²) in [5.41, 5.74) is 0.608. The molecule has 1 unspecified atom stereocenters. The standard InChI is InChI=1S/C14H13NO4/c16-12-9-6-1-2-7-10(9)13(17)15(12)11(14(18)19)8-4-3-5-8/h1-2,6-8,11H,3-5H2,(H,18,19). The minimum Gasteiger partial charge on any atom is -0.480 e. The van der Waals surface area contributed by atoms with E-state index in [2.05, 4.69) is 0 Å². The first-order valence-corrected chi connectivity index (χ1v) is 6.31. The summed E-state index contributed by atoms with van der Waals surface area (Å²) in [5.74, 6) is -2.18. The van der Waals surface area contributed by atoms with Gasteiger partial charge in [0, 0.05) is 0 Å². The third-order valence-electron chi connectivity index (χ3n) is 3.95. The van der Waals surface area contributed by atoms with Gasteiger partial charge in [0.2, 0.25) is 0 Å². The highest BCUT2D eigenvalue weighted by molar-refractivity contribution is 6.22. The van der Waals surface area contributed by atoms with Crippen LogP contribution in [0.4, 0.5) is 0 Å². The summed E-state index contributed by atoms with van der Waals surface area (Å²) < 4.78 is 0. The van der Waals surface area contributed by atoms with E-state index < -0.39 is 23.8 Å². The van der Waals surface area contributed by atoms with Crippen LogP contribution >= 0.6 is 0 Å². The Morgan fingerprint density at radius 3 is 2.05 bits per heavy atom. The molecule has 98 valence electrons. The van der Waals surface area contributed by atoms with Crippen LogP contribution in [0.5, 0.6) is 0 Å². The van der Waals surface area contributed by atoms with Crippen molar-refractivity contribution >= 4 is 17.8 Å². The van der Waals surface area contributed by atoms with Crippen LogP contribution in [-0.2, 0) is 4.79 Å². The fourth-order valence-corrected chi connectivity index (χ4v) is 2.74. The Morgan fingerprint density at radius 1 is 1.16 bits per heavy atom. The lowest BCUT2D eigenvalue weighted by Crippen LogP contribution is -2.51. The average molecular weight is 259 g/mol. The molecule has 2 aliphatic rings. The molecule has 1 N–H and O–H groups in total. The molecule has 0 radical (unpaired) electrons. The van der Waals surface area contributed by atoms with Gasteiger partial charge in [-0.15, -0.1) is 0 Å². The van der Waals surface area contributed by atoms with Crippen LogP contribution in [0.25, 0.3) is 0 Å². The van der Waals surface area contributed by atoms with E-state index in [0.717, 1.165) is 24.2 Å². The first kappa shape index (κ1) is 11.9. The lowest BCUT2D eigenvalue weighted by molar-refractivity contribution is -0.144. The normalized spacial score (nSPS) is 20.1. The Bertz CT molecular complexity index is 542. The van der Waals surface area contributed by atoms with Crippen LogP contribution < -0.4 is 0 Å². The number of imide groups is 1. The average Bonchev–Trinajstić information content (AvgIpc) is 2.58. The minimum absolute atomic E-state index is 0.111. The maximum absolute atomic E-state index is 12.2. The predicted molar refractivity (Wildman–Crippen MR) is 65.7 cm³/mol. The molecule has 19 heavy (non-hydrogen) atoms. The first-order chi connectivity index (χ1) is 9.11. The molecular weight excluding hydrogens is 246 g/mol. The van der Waals surface area contributed by atoms with Crippen molar-refractivity contribution in [3.05, 3.63) is 35.4 Å². The second kappa shape index (κ2) is 4.19. The second-order valence-corrected chi connectivity index (χ2v) is 5.00. The summed E-state index contributed by atoms with van der Waals surface area (Å²) in [6, 6.07) is 5.45. The number of carboxylic acid groups (broad SMARTS) is 1. The summed E-state index contributed by atoms with van der Waals surface area (Å²) >= 11 is 0. The number of hydrogen-bond donors (Lipinski definition) is 1. The molecule has 1 heterocycles. The molecule has 1 aliphatic carbocycles. The molecule has 1 aliphatic heterocycles. The van der Waals surface area contributed by atoms with E-state index in [4.69, 9.17) is 0 Å². The predicted octanol–water partition coefficient (Wildman–Crippen LogP) is 1.54. The number of rotatable bonds is 3. The van der Waals surface area contributed by atoms with Gasteiger partial charge in [-0.1, -0.05) is 18.6 Å². The zero-order valence-electron chi connectivity index (χ0n) is 10.2. The number of nitrogens with zero attached hydrogens (tertiary/aromatic N) is 1. The highest BCUT2D eigenvalue weighted by Gasteiger charge is 2.47. The van der Waals surface area contributed by atoms with Crippen LogP contribution in [0.15, 0.2) is 24.3 Å². The number of aliphatic carboxylic acids is 1. The van der Waals surface area contributed by atoms with Crippen LogP contribution in [0.2, 0.25) is 0 Å². The topological polar surface area (TPSA) is 74.7 Å². The Hall–Kier alpha value is -2.17. The molecular formula is C14H13NO4. The fraction of sp³-hybridized carbons (Fsp3) is 0.357. The largest absolute Gasteiger partial charge is 0.480 e. The molecule has 2 amide bonds. The zero-order valence-corrected chi connectivity index (χ0v) is 10.2. The summed E-state index contributed by atoms with van der Waals surface area (Å²) in [6.45, 7) is 0. The lowest BCUT2D eigenvalue weighted by Gasteiger charge is -2.35. The molecule has 1 fully saturated rings. The van der Waals surface area contributed by atoms with Crippen molar-refractivity contribution in [3.63, 3.8) is 0 Å². The number of hydrogen-bond acceptors (Lipinski definition) is 3. The molecule has 5 nitrogen and oxygen atoms in total. The van der Waals surface area contributed by atoms with Crippen LogP contribution in [0.3, 0.4) is 0 Å². The number of carbonyl (C=O) groups excluding carboxylic acids is 2. The number of carboxylic acids is 1. The van der Waals surface area contributed by atoms with Crippen LogP contribution in [0.1, 0.15) is 40.0 Å². The summed E-state index contributed by atoms with van der Waals surface area (Å²) in [5, 5.41) is 9.34. The van der Waals surface area contributed by atoms with Gasteiger partial charge in [0.25, 0.3) is 11.8 Å². The van der Waals surface area contributed by atoms with Crippen molar-refractivity contribution in [1.82, 2.24) is 4.90 Å².